The second-order valence-corrected chi connectivity index (χ2v) is 7.60. The molecule has 30 heavy (non-hydrogen) atoms. The number of rotatable bonds is 7. The number of aryl methyl sites for hydroxylation is 2. The molecular weight excluding hydrogens is 384 g/mol. The van der Waals surface area contributed by atoms with Crippen LogP contribution in [0.4, 0.5) is 0 Å². The number of likely N-dealkylation sites (tertiary alicyclic amines) is 1. The predicted molar refractivity (Wildman–Crippen MR) is 113 cm³/mol. The lowest BCUT2D eigenvalue weighted by Crippen LogP contribution is -2.40. The molecule has 1 aliphatic heterocycles. The zero-order chi connectivity index (χ0) is 21.7. The molecule has 8 nitrogen and oxygen atoms in total. The van der Waals surface area contributed by atoms with Crippen LogP contribution in [0.2, 0.25) is 0 Å². The molecule has 0 saturated carbocycles. The van der Waals surface area contributed by atoms with Crippen LogP contribution < -0.4 is 14.8 Å². The fourth-order valence-electron chi connectivity index (χ4n) is 3.72. The van der Waals surface area contributed by atoms with Gasteiger partial charge in [0.25, 0.3) is 5.91 Å². The highest BCUT2D eigenvalue weighted by Gasteiger charge is 2.24. The van der Waals surface area contributed by atoms with Gasteiger partial charge >= 0.3 is 0 Å². The molecule has 1 aromatic heterocycles. The summed E-state index contributed by atoms with van der Waals surface area (Å²) >= 11 is 0. The molecule has 162 valence electrons. The number of H-pyrrole nitrogens is 1. The number of amides is 2. The second kappa shape index (κ2) is 9.65. The molecule has 1 fully saturated rings. The third kappa shape index (κ3) is 5.11. The lowest BCUT2D eigenvalue weighted by molar-refractivity contribution is -0.130. The summed E-state index contributed by atoms with van der Waals surface area (Å²) in [6, 6.07) is 5.26. The van der Waals surface area contributed by atoms with Crippen molar-refractivity contribution in [2.75, 3.05) is 26.7 Å². The number of benzene rings is 1. The van der Waals surface area contributed by atoms with Crippen molar-refractivity contribution >= 4 is 11.8 Å². The molecule has 1 saturated heterocycles. The first-order valence-corrected chi connectivity index (χ1v) is 10.3. The van der Waals surface area contributed by atoms with E-state index in [1.54, 1.807) is 32.2 Å². The highest BCUT2D eigenvalue weighted by atomic mass is 16.5. The molecule has 2 heterocycles. The monoisotopic (exact) mass is 414 g/mol. The Bertz CT molecular complexity index is 881. The first kappa shape index (κ1) is 21.7. The summed E-state index contributed by atoms with van der Waals surface area (Å²) in [6.07, 6.45) is 2.15. The van der Waals surface area contributed by atoms with Gasteiger partial charge in [0.05, 0.1) is 18.4 Å². The summed E-state index contributed by atoms with van der Waals surface area (Å²) in [5.74, 6) is 1.01. The van der Waals surface area contributed by atoms with Crippen LogP contribution in [0.3, 0.4) is 0 Å². The maximum atomic E-state index is 12.9. The lowest BCUT2D eigenvalue weighted by Gasteiger charge is -2.31. The molecule has 0 bridgehead atoms. The van der Waals surface area contributed by atoms with Gasteiger partial charge in [-0.3, -0.25) is 14.7 Å². The third-order valence-electron chi connectivity index (χ3n) is 5.55. The number of carbonyl (C=O) groups is 2. The summed E-state index contributed by atoms with van der Waals surface area (Å²) in [7, 11) is 1.57. The van der Waals surface area contributed by atoms with Gasteiger partial charge in [-0.1, -0.05) is 0 Å². The second-order valence-electron chi connectivity index (χ2n) is 7.60. The highest BCUT2D eigenvalue weighted by molar-refractivity contribution is 5.97. The molecule has 2 aromatic rings. The van der Waals surface area contributed by atoms with Gasteiger partial charge in [0.1, 0.15) is 17.6 Å². The minimum atomic E-state index is -0.205. The fraction of sp³-hybridized carbons (Fsp3) is 0.500. The third-order valence-corrected chi connectivity index (χ3v) is 5.55. The first-order valence-electron chi connectivity index (χ1n) is 10.3. The Labute approximate surface area is 176 Å². The van der Waals surface area contributed by atoms with Crippen LogP contribution in [-0.4, -0.2) is 59.8 Å². The molecule has 0 radical (unpaired) electrons. The van der Waals surface area contributed by atoms with E-state index in [2.05, 4.69) is 15.5 Å². The lowest BCUT2D eigenvalue weighted by atomic mass is 10.1. The minimum absolute atomic E-state index is 0.0308. The Morgan fingerprint density at radius 1 is 1.27 bits per heavy atom. The fourth-order valence-corrected chi connectivity index (χ4v) is 3.72. The van der Waals surface area contributed by atoms with Gasteiger partial charge in [0.15, 0.2) is 0 Å². The molecule has 0 spiro atoms. The minimum Gasteiger partial charge on any atom is -0.497 e. The summed E-state index contributed by atoms with van der Waals surface area (Å²) < 4.78 is 11.4. The first-order chi connectivity index (χ1) is 14.4. The van der Waals surface area contributed by atoms with Gasteiger partial charge in [0, 0.05) is 45.1 Å². The summed E-state index contributed by atoms with van der Waals surface area (Å²) in [5, 5.41) is 10.1. The number of hydrogen-bond acceptors (Lipinski definition) is 5. The van der Waals surface area contributed by atoms with Crippen LogP contribution in [0.5, 0.6) is 11.5 Å². The van der Waals surface area contributed by atoms with E-state index >= 15 is 0 Å². The molecule has 0 atom stereocenters. The number of nitrogens with zero attached hydrogens (tertiary/aromatic N) is 2. The van der Waals surface area contributed by atoms with E-state index in [9.17, 15) is 9.59 Å². The van der Waals surface area contributed by atoms with Gasteiger partial charge in [0.2, 0.25) is 5.91 Å². The van der Waals surface area contributed by atoms with Gasteiger partial charge < -0.3 is 19.7 Å². The van der Waals surface area contributed by atoms with E-state index in [4.69, 9.17) is 9.47 Å². The number of aromatic amines is 1. The summed E-state index contributed by atoms with van der Waals surface area (Å²) in [6.45, 7) is 7.34. The van der Waals surface area contributed by atoms with Crippen LogP contribution in [0.15, 0.2) is 18.2 Å². The molecule has 1 aliphatic rings. The van der Waals surface area contributed by atoms with E-state index < -0.39 is 0 Å². The van der Waals surface area contributed by atoms with E-state index in [0.717, 1.165) is 29.8 Å². The van der Waals surface area contributed by atoms with Crippen molar-refractivity contribution in [2.24, 2.45) is 0 Å². The number of piperidine rings is 1. The largest absolute Gasteiger partial charge is 0.497 e. The summed E-state index contributed by atoms with van der Waals surface area (Å²) in [5.41, 5.74) is 3.53. The average molecular weight is 415 g/mol. The number of aromatic nitrogens is 2. The normalized spacial score (nSPS) is 14.5. The molecule has 1 aromatic carbocycles. The van der Waals surface area contributed by atoms with Crippen molar-refractivity contribution in [1.82, 2.24) is 20.4 Å². The van der Waals surface area contributed by atoms with Crippen molar-refractivity contribution in [1.29, 1.82) is 0 Å². The van der Waals surface area contributed by atoms with E-state index in [1.165, 1.54) is 0 Å². The van der Waals surface area contributed by atoms with Crippen LogP contribution in [0.1, 0.15) is 47.1 Å². The number of hydrogen-bond donors (Lipinski definition) is 2. The van der Waals surface area contributed by atoms with Gasteiger partial charge in [-0.25, -0.2) is 0 Å². The Kier molecular flexibility index (Phi) is 6.97. The number of methoxy groups -OCH3 is 1. The molecule has 3 rings (SSSR count). The van der Waals surface area contributed by atoms with Gasteiger partial charge in [-0.05, 0) is 44.0 Å². The molecule has 8 heteroatoms. The Morgan fingerprint density at radius 3 is 2.60 bits per heavy atom. The smallest absolute Gasteiger partial charge is 0.255 e. The molecule has 0 unspecified atom stereocenters. The number of carbonyl (C=O) groups excluding carboxylic acids is 2. The van der Waals surface area contributed by atoms with Crippen LogP contribution in [0, 0.1) is 13.8 Å². The highest BCUT2D eigenvalue weighted by Crippen LogP contribution is 2.27. The Hall–Kier alpha value is -3.03. The van der Waals surface area contributed by atoms with Crippen molar-refractivity contribution in [3.63, 3.8) is 0 Å². The molecule has 2 N–H and O–H groups in total. The van der Waals surface area contributed by atoms with Crippen LogP contribution in [0.25, 0.3) is 0 Å². The SMILES string of the molecule is COc1ccc(OC2CCN(C(C)=O)CC2)c(C(=O)NCCc2c(C)n[nH]c2C)c1. The van der Waals surface area contributed by atoms with Crippen LogP contribution >= 0.6 is 0 Å². The standard InChI is InChI=1S/C22H30N4O4/c1-14-19(15(2)25-24-14)7-10-23-22(28)20-13-18(29-4)5-6-21(20)30-17-8-11-26(12-9-17)16(3)27/h5-6,13,17H,7-12H2,1-4H3,(H,23,28)(H,24,25). The topological polar surface area (TPSA) is 96.6 Å². The van der Waals surface area contributed by atoms with Crippen LogP contribution in [-0.2, 0) is 11.2 Å². The van der Waals surface area contributed by atoms with E-state index in [0.29, 0.717) is 43.1 Å². The van der Waals surface area contributed by atoms with Gasteiger partial charge in [-0.15, -0.1) is 0 Å². The molecule has 0 aliphatic carbocycles. The Balaban J connectivity index is 1.65. The van der Waals surface area contributed by atoms with Gasteiger partial charge in [-0.2, -0.15) is 5.10 Å². The number of nitrogens with one attached hydrogen (secondary N) is 2. The van der Waals surface area contributed by atoms with Crippen molar-refractivity contribution < 1.29 is 19.1 Å². The predicted octanol–water partition coefficient (Wildman–Crippen LogP) is 2.40. The van der Waals surface area contributed by atoms with Crippen molar-refractivity contribution in [3.8, 4) is 11.5 Å². The zero-order valence-corrected chi connectivity index (χ0v) is 18.1. The summed E-state index contributed by atoms with van der Waals surface area (Å²) in [4.78, 5) is 26.2. The quantitative estimate of drug-likeness (QED) is 0.725. The van der Waals surface area contributed by atoms with E-state index in [-0.39, 0.29) is 17.9 Å². The Morgan fingerprint density at radius 2 is 2.00 bits per heavy atom. The van der Waals surface area contributed by atoms with Crippen molar-refractivity contribution in [3.05, 3.63) is 40.7 Å². The zero-order valence-electron chi connectivity index (χ0n) is 18.1. The molecular formula is C22H30N4O4. The average Bonchev–Trinajstić information content (AvgIpc) is 3.06. The maximum absolute atomic E-state index is 12.9. The van der Waals surface area contributed by atoms with Crippen molar-refractivity contribution in [2.45, 2.75) is 46.1 Å². The molecule has 2 amide bonds. The number of ether oxygens (including phenoxy) is 2. The van der Waals surface area contributed by atoms with E-state index in [1.807, 2.05) is 18.7 Å². The maximum Gasteiger partial charge on any atom is 0.255 e.